The van der Waals surface area contributed by atoms with Crippen LogP contribution in [0.2, 0.25) is 0 Å². The molecule has 5 heteroatoms. The minimum atomic E-state index is -0.451. The van der Waals surface area contributed by atoms with Crippen molar-refractivity contribution < 1.29 is 4.52 Å². The standard InChI is InChI=1S/C9H9N3O2/c1-2-12-8(11-14-9(12)13)7-5-3-4-6-10-7/h3-6H,2H2,1H3. The van der Waals surface area contributed by atoms with Crippen molar-refractivity contribution in [3.63, 3.8) is 0 Å². The Morgan fingerprint density at radius 2 is 2.36 bits per heavy atom. The van der Waals surface area contributed by atoms with E-state index >= 15 is 0 Å². The zero-order chi connectivity index (χ0) is 9.97. The molecular formula is C9H9N3O2. The van der Waals surface area contributed by atoms with Gasteiger partial charge in [0.25, 0.3) is 0 Å². The molecule has 0 saturated carbocycles. The highest BCUT2D eigenvalue weighted by Crippen LogP contribution is 2.10. The van der Waals surface area contributed by atoms with Crippen LogP contribution < -0.4 is 5.76 Å². The van der Waals surface area contributed by atoms with E-state index < -0.39 is 5.76 Å². The highest BCUT2D eigenvalue weighted by Gasteiger charge is 2.11. The van der Waals surface area contributed by atoms with Crippen LogP contribution in [0.4, 0.5) is 0 Å². The molecule has 0 aliphatic carbocycles. The summed E-state index contributed by atoms with van der Waals surface area (Å²) < 4.78 is 5.99. The van der Waals surface area contributed by atoms with Gasteiger partial charge in [0.2, 0.25) is 5.82 Å². The fraction of sp³-hybridized carbons (Fsp3) is 0.222. The SMILES string of the molecule is CCn1c(-c2ccccn2)noc1=O. The van der Waals surface area contributed by atoms with E-state index in [1.807, 2.05) is 13.0 Å². The maximum atomic E-state index is 11.2. The summed E-state index contributed by atoms with van der Waals surface area (Å²) >= 11 is 0. The molecule has 0 spiro atoms. The van der Waals surface area contributed by atoms with Crippen LogP contribution in [0.1, 0.15) is 6.92 Å². The third-order valence-electron chi connectivity index (χ3n) is 1.90. The molecule has 0 aromatic carbocycles. The number of hydrogen-bond acceptors (Lipinski definition) is 4. The van der Waals surface area contributed by atoms with Gasteiger partial charge in [0.15, 0.2) is 0 Å². The minimum absolute atomic E-state index is 0.451. The molecule has 2 aromatic heterocycles. The van der Waals surface area contributed by atoms with Crippen LogP contribution in [0.15, 0.2) is 33.7 Å². The van der Waals surface area contributed by atoms with Crippen LogP contribution >= 0.6 is 0 Å². The number of nitrogens with zero attached hydrogens (tertiary/aromatic N) is 3. The van der Waals surface area contributed by atoms with E-state index in [1.165, 1.54) is 4.57 Å². The van der Waals surface area contributed by atoms with Gasteiger partial charge in [-0.1, -0.05) is 11.2 Å². The largest absolute Gasteiger partial charge is 0.441 e. The van der Waals surface area contributed by atoms with Gasteiger partial charge < -0.3 is 0 Å². The summed E-state index contributed by atoms with van der Waals surface area (Å²) in [4.78, 5) is 15.2. The maximum Gasteiger partial charge on any atom is 0.441 e. The maximum absolute atomic E-state index is 11.2. The molecule has 2 rings (SSSR count). The summed E-state index contributed by atoms with van der Waals surface area (Å²) in [6.45, 7) is 2.37. The molecule has 0 radical (unpaired) electrons. The van der Waals surface area contributed by atoms with E-state index in [9.17, 15) is 4.79 Å². The van der Waals surface area contributed by atoms with Gasteiger partial charge in [-0.25, -0.2) is 4.79 Å². The van der Waals surface area contributed by atoms with E-state index in [1.54, 1.807) is 18.3 Å². The lowest BCUT2D eigenvalue weighted by atomic mass is 10.3. The molecule has 0 aliphatic heterocycles. The lowest BCUT2D eigenvalue weighted by Gasteiger charge is -1.98. The summed E-state index contributed by atoms with van der Waals surface area (Å²) in [7, 11) is 0. The van der Waals surface area contributed by atoms with E-state index in [0.717, 1.165) is 0 Å². The van der Waals surface area contributed by atoms with Gasteiger partial charge in [-0.3, -0.25) is 14.1 Å². The van der Waals surface area contributed by atoms with Crippen LogP contribution in [0.25, 0.3) is 11.5 Å². The van der Waals surface area contributed by atoms with Crippen molar-refractivity contribution in [3.05, 3.63) is 34.9 Å². The van der Waals surface area contributed by atoms with E-state index in [4.69, 9.17) is 0 Å². The second kappa shape index (κ2) is 3.45. The monoisotopic (exact) mass is 191 g/mol. The lowest BCUT2D eigenvalue weighted by Crippen LogP contribution is -2.13. The van der Waals surface area contributed by atoms with Crippen molar-refractivity contribution >= 4 is 0 Å². The third kappa shape index (κ3) is 1.32. The molecule has 0 fully saturated rings. The second-order valence-electron chi connectivity index (χ2n) is 2.73. The summed E-state index contributed by atoms with van der Waals surface area (Å²) in [5, 5.41) is 3.67. The predicted octanol–water partition coefficient (Wildman–Crippen LogP) is 0.918. The van der Waals surface area contributed by atoms with Gasteiger partial charge in [0.05, 0.1) is 0 Å². The molecule has 0 unspecified atom stereocenters. The summed E-state index contributed by atoms with van der Waals surface area (Å²) in [6, 6.07) is 5.42. The average molecular weight is 191 g/mol. The van der Waals surface area contributed by atoms with Gasteiger partial charge in [-0.2, -0.15) is 0 Å². The van der Waals surface area contributed by atoms with Crippen molar-refractivity contribution in [2.24, 2.45) is 0 Å². The lowest BCUT2D eigenvalue weighted by molar-refractivity contribution is 0.377. The minimum Gasteiger partial charge on any atom is -0.295 e. The van der Waals surface area contributed by atoms with Crippen LogP contribution in [0.5, 0.6) is 0 Å². The topological polar surface area (TPSA) is 60.9 Å². The Kier molecular flexibility index (Phi) is 2.14. The van der Waals surface area contributed by atoms with Crippen LogP contribution in [-0.4, -0.2) is 14.7 Å². The first-order valence-electron chi connectivity index (χ1n) is 4.31. The number of pyridine rings is 1. The molecule has 0 bridgehead atoms. The number of aromatic nitrogens is 3. The molecule has 72 valence electrons. The Bertz CT molecular complexity index is 472. The van der Waals surface area contributed by atoms with Gasteiger partial charge in [0, 0.05) is 12.7 Å². The van der Waals surface area contributed by atoms with Gasteiger partial charge in [-0.05, 0) is 19.1 Å². The van der Waals surface area contributed by atoms with Crippen LogP contribution in [-0.2, 0) is 6.54 Å². The first-order valence-corrected chi connectivity index (χ1v) is 4.31. The molecule has 0 aliphatic rings. The highest BCUT2D eigenvalue weighted by atomic mass is 16.5. The van der Waals surface area contributed by atoms with Crippen molar-refractivity contribution in [2.45, 2.75) is 13.5 Å². The fourth-order valence-corrected chi connectivity index (χ4v) is 1.23. The molecule has 2 heterocycles. The first-order chi connectivity index (χ1) is 6.83. The Morgan fingerprint density at radius 1 is 1.50 bits per heavy atom. The Morgan fingerprint density at radius 3 is 3.00 bits per heavy atom. The second-order valence-corrected chi connectivity index (χ2v) is 2.73. The quantitative estimate of drug-likeness (QED) is 0.708. The third-order valence-corrected chi connectivity index (χ3v) is 1.90. The molecule has 0 atom stereocenters. The van der Waals surface area contributed by atoms with Crippen molar-refractivity contribution in [1.29, 1.82) is 0 Å². The number of rotatable bonds is 2. The summed E-state index contributed by atoms with van der Waals surface area (Å²) in [5.74, 6) is 0.0197. The van der Waals surface area contributed by atoms with Gasteiger partial charge in [0.1, 0.15) is 5.69 Å². The molecule has 0 saturated heterocycles. The molecule has 5 nitrogen and oxygen atoms in total. The Hall–Kier alpha value is -1.91. The normalized spacial score (nSPS) is 10.4. The molecular weight excluding hydrogens is 182 g/mol. The van der Waals surface area contributed by atoms with E-state index in [0.29, 0.717) is 18.1 Å². The molecule has 0 N–H and O–H groups in total. The van der Waals surface area contributed by atoms with Gasteiger partial charge in [-0.15, -0.1) is 0 Å². The van der Waals surface area contributed by atoms with E-state index in [2.05, 4.69) is 14.7 Å². The molecule has 2 aromatic rings. The van der Waals surface area contributed by atoms with Crippen LogP contribution in [0, 0.1) is 0 Å². The van der Waals surface area contributed by atoms with Crippen molar-refractivity contribution in [2.75, 3.05) is 0 Å². The average Bonchev–Trinajstić information content (AvgIpc) is 2.61. The first kappa shape index (κ1) is 8.68. The Labute approximate surface area is 80.0 Å². The smallest absolute Gasteiger partial charge is 0.295 e. The van der Waals surface area contributed by atoms with Crippen LogP contribution in [0.3, 0.4) is 0 Å². The molecule has 14 heavy (non-hydrogen) atoms. The van der Waals surface area contributed by atoms with Crippen molar-refractivity contribution in [1.82, 2.24) is 14.7 Å². The highest BCUT2D eigenvalue weighted by molar-refractivity contribution is 5.47. The van der Waals surface area contributed by atoms with Gasteiger partial charge >= 0.3 is 5.76 Å². The zero-order valence-corrected chi connectivity index (χ0v) is 7.67. The van der Waals surface area contributed by atoms with Crippen molar-refractivity contribution in [3.8, 4) is 11.5 Å². The molecule has 0 amide bonds. The summed E-state index contributed by atoms with van der Waals surface area (Å²) in [6.07, 6.45) is 1.65. The summed E-state index contributed by atoms with van der Waals surface area (Å²) in [5.41, 5.74) is 0.639. The number of hydrogen-bond donors (Lipinski definition) is 0. The zero-order valence-electron chi connectivity index (χ0n) is 7.67. The Balaban J connectivity index is 2.57. The van der Waals surface area contributed by atoms with E-state index in [-0.39, 0.29) is 0 Å². The predicted molar refractivity (Wildman–Crippen MR) is 49.7 cm³/mol. The fourth-order valence-electron chi connectivity index (χ4n) is 1.23.